The third kappa shape index (κ3) is 4.85. The minimum absolute atomic E-state index is 0.731. The van der Waals surface area contributed by atoms with Gasteiger partial charge in [0.15, 0.2) is 0 Å². The highest BCUT2D eigenvalue weighted by Gasteiger charge is 1.96. The second-order valence-electron chi connectivity index (χ2n) is 3.43. The first-order chi connectivity index (χ1) is 7.36. The Bertz CT molecular complexity index is 261. The lowest BCUT2D eigenvalue weighted by Gasteiger charge is -2.04. The molecule has 1 aromatic rings. The fraction of sp³-hybridized carbons (Fsp3) is 0.636. The molecule has 84 valence electrons. The first-order valence-electron chi connectivity index (χ1n) is 5.36. The summed E-state index contributed by atoms with van der Waals surface area (Å²) in [5.74, 6) is 0.929. The minimum Gasteiger partial charge on any atom is -0.383 e. The highest BCUT2D eigenvalue weighted by molar-refractivity contribution is 5.04. The minimum atomic E-state index is 0.731. The van der Waals surface area contributed by atoms with E-state index < -0.39 is 0 Å². The number of hydrogen-bond donors (Lipinski definition) is 1. The van der Waals surface area contributed by atoms with Crippen LogP contribution in [0.25, 0.3) is 0 Å². The highest BCUT2D eigenvalue weighted by atomic mass is 16.5. The van der Waals surface area contributed by atoms with E-state index in [1.54, 1.807) is 7.11 Å². The standard InChI is InChI=1S/C11H19N3O/c1-3-4-11-13-8-10(9-14-11)7-12-5-6-15-2/h8-9,12H,3-7H2,1-2H3. The Balaban J connectivity index is 2.29. The van der Waals surface area contributed by atoms with Crippen LogP contribution in [0.15, 0.2) is 12.4 Å². The molecule has 1 rings (SSSR count). The van der Waals surface area contributed by atoms with E-state index in [1.807, 2.05) is 12.4 Å². The summed E-state index contributed by atoms with van der Waals surface area (Å²) < 4.78 is 4.94. The predicted molar refractivity (Wildman–Crippen MR) is 59.6 cm³/mol. The molecular formula is C11H19N3O. The van der Waals surface area contributed by atoms with Gasteiger partial charge in [-0.15, -0.1) is 0 Å². The zero-order valence-corrected chi connectivity index (χ0v) is 9.49. The van der Waals surface area contributed by atoms with Crippen molar-refractivity contribution in [2.75, 3.05) is 20.3 Å². The molecule has 0 unspecified atom stereocenters. The monoisotopic (exact) mass is 209 g/mol. The van der Waals surface area contributed by atoms with Gasteiger partial charge < -0.3 is 10.1 Å². The van der Waals surface area contributed by atoms with E-state index in [9.17, 15) is 0 Å². The van der Waals surface area contributed by atoms with E-state index in [0.29, 0.717) is 0 Å². The Morgan fingerprint density at radius 3 is 2.67 bits per heavy atom. The molecule has 0 aliphatic heterocycles. The molecule has 1 N–H and O–H groups in total. The molecule has 0 saturated carbocycles. The number of hydrogen-bond acceptors (Lipinski definition) is 4. The molecule has 0 aliphatic carbocycles. The molecule has 4 heteroatoms. The molecule has 0 spiro atoms. The van der Waals surface area contributed by atoms with E-state index in [4.69, 9.17) is 4.74 Å². The molecule has 1 aromatic heterocycles. The molecular weight excluding hydrogens is 190 g/mol. The van der Waals surface area contributed by atoms with Crippen LogP contribution in [0.5, 0.6) is 0 Å². The summed E-state index contributed by atoms with van der Waals surface area (Å²) in [5, 5.41) is 3.25. The van der Waals surface area contributed by atoms with Crippen LogP contribution in [0.2, 0.25) is 0 Å². The summed E-state index contributed by atoms with van der Waals surface area (Å²) in [6, 6.07) is 0. The lowest BCUT2D eigenvalue weighted by molar-refractivity contribution is 0.199. The van der Waals surface area contributed by atoms with Gasteiger partial charge in [0.25, 0.3) is 0 Å². The normalized spacial score (nSPS) is 10.5. The Hall–Kier alpha value is -1.00. The van der Waals surface area contributed by atoms with Crippen molar-refractivity contribution >= 4 is 0 Å². The Morgan fingerprint density at radius 1 is 1.33 bits per heavy atom. The van der Waals surface area contributed by atoms with Crippen molar-refractivity contribution in [3.63, 3.8) is 0 Å². The lowest BCUT2D eigenvalue weighted by Crippen LogP contribution is -2.18. The number of nitrogens with zero attached hydrogens (tertiary/aromatic N) is 2. The SMILES string of the molecule is CCCc1ncc(CNCCOC)cn1. The van der Waals surface area contributed by atoms with Crippen LogP contribution >= 0.6 is 0 Å². The fourth-order valence-electron chi connectivity index (χ4n) is 1.23. The maximum Gasteiger partial charge on any atom is 0.128 e. The number of aryl methyl sites for hydroxylation is 1. The lowest BCUT2D eigenvalue weighted by atomic mass is 10.3. The predicted octanol–water partition coefficient (Wildman–Crippen LogP) is 1.17. The van der Waals surface area contributed by atoms with Crippen LogP contribution in [0.1, 0.15) is 24.7 Å². The number of aromatic nitrogens is 2. The van der Waals surface area contributed by atoms with Gasteiger partial charge in [0.1, 0.15) is 5.82 Å². The smallest absolute Gasteiger partial charge is 0.128 e. The second-order valence-corrected chi connectivity index (χ2v) is 3.43. The quantitative estimate of drug-likeness (QED) is 0.685. The van der Waals surface area contributed by atoms with Crippen molar-refractivity contribution in [2.45, 2.75) is 26.3 Å². The van der Waals surface area contributed by atoms with Gasteiger partial charge in [0.2, 0.25) is 0 Å². The molecule has 0 fully saturated rings. The van der Waals surface area contributed by atoms with Gasteiger partial charge in [-0.1, -0.05) is 6.92 Å². The Morgan fingerprint density at radius 2 is 2.07 bits per heavy atom. The number of methoxy groups -OCH3 is 1. The van der Waals surface area contributed by atoms with Gasteiger partial charge in [0.05, 0.1) is 6.61 Å². The molecule has 4 nitrogen and oxygen atoms in total. The number of nitrogens with one attached hydrogen (secondary N) is 1. The summed E-state index contributed by atoms with van der Waals surface area (Å²) in [5.41, 5.74) is 1.12. The molecule has 0 aliphatic rings. The molecule has 0 bridgehead atoms. The average molecular weight is 209 g/mol. The van der Waals surface area contributed by atoms with Gasteiger partial charge in [-0.25, -0.2) is 9.97 Å². The maximum absolute atomic E-state index is 4.94. The van der Waals surface area contributed by atoms with Gasteiger partial charge in [-0.05, 0) is 6.42 Å². The first-order valence-corrected chi connectivity index (χ1v) is 5.36. The maximum atomic E-state index is 4.94. The summed E-state index contributed by atoms with van der Waals surface area (Å²) in [6.45, 7) is 4.52. The van der Waals surface area contributed by atoms with Gasteiger partial charge in [-0.2, -0.15) is 0 Å². The second kappa shape index (κ2) is 7.31. The highest BCUT2D eigenvalue weighted by Crippen LogP contribution is 1.98. The molecule has 0 atom stereocenters. The van der Waals surface area contributed by atoms with Crippen molar-refractivity contribution in [1.82, 2.24) is 15.3 Å². The Kier molecular flexibility index (Phi) is 5.88. The van der Waals surface area contributed by atoms with E-state index >= 15 is 0 Å². The van der Waals surface area contributed by atoms with Crippen LogP contribution in [-0.4, -0.2) is 30.2 Å². The third-order valence-electron chi connectivity index (χ3n) is 2.04. The van der Waals surface area contributed by atoms with E-state index in [-0.39, 0.29) is 0 Å². The largest absolute Gasteiger partial charge is 0.383 e. The van der Waals surface area contributed by atoms with Crippen LogP contribution in [-0.2, 0) is 17.7 Å². The van der Waals surface area contributed by atoms with Crippen molar-refractivity contribution < 1.29 is 4.74 Å². The van der Waals surface area contributed by atoms with Crippen LogP contribution in [0.3, 0.4) is 0 Å². The van der Waals surface area contributed by atoms with Gasteiger partial charge >= 0.3 is 0 Å². The van der Waals surface area contributed by atoms with Crippen LogP contribution in [0, 0.1) is 0 Å². The van der Waals surface area contributed by atoms with Gasteiger partial charge in [0, 0.05) is 44.6 Å². The van der Waals surface area contributed by atoms with Gasteiger partial charge in [-0.3, -0.25) is 0 Å². The number of ether oxygens (including phenoxy) is 1. The molecule has 0 saturated heterocycles. The van der Waals surface area contributed by atoms with E-state index in [1.165, 1.54) is 0 Å². The summed E-state index contributed by atoms with van der Waals surface area (Å²) in [6.07, 6.45) is 5.82. The third-order valence-corrected chi connectivity index (χ3v) is 2.04. The molecule has 1 heterocycles. The first kappa shape index (κ1) is 12.1. The van der Waals surface area contributed by atoms with Crippen molar-refractivity contribution in [2.24, 2.45) is 0 Å². The Labute approximate surface area is 91.1 Å². The van der Waals surface area contributed by atoms with Crippen molar-refractivity contribution in [3.8, 4) is 0 Å². The zero-order chi connectivity index (χ0) is 10.9. The summed E-state index contributed by atoms with van der Waals surface area (Å²) >= 11 is 0. The average Bonchev–Trinajstić information content (AvgIpc) is 2.27. The fourth-order valence-corrected chi connectivity index (χ4v) is 1.23. The van der Waals surface area contributed by atoms with Crippen molar-refractivity contribution in [1.29, 1.82) is 0 Å². The number of rotatable bonds is 7. The molecule has 0 amide bonds. The van der Waals surface area contributed by atoms with Crippen LogP contribution < -0.4 is 5.32 Å². The zero-order valence-electron chi connectivity index (χ0n) is 9.49. The van der Waals surface area contributed by atoms with Crippen molar-refractivity contribution in [3.05, 3.63) is 23.8 Å². The molecule has 0 radical (unpaired) electrons. The van der Waals surface area contributed by atoms with E-state index in [2.05, 4.69) is 22.2 Å². The van der Waals surface area contributed by atoms with E-state index in [0.717, 1.165) is 43.9 Å². The molecule has 15 heavy (non-hydrogen) atoms. The van der Waals surface area contributed by atoms with Crippen LogP contribution in [0.4, 0.5) is 0 Å². The topological polar surface area (TPSA) is 47.0 Å². The molecule has 0 aromatic carbocycles. The summed E-state index contributed by atoms with van der Waals surface area (Å²) in [7, 11) is 1.70. The summed E-state index contributed by atoms with van der Waals surface area (Å²) in [4.78, 5) is 8.57.